The zero-order valence-corrected chi connectivity index (χ0v) is 8.25. The molecule has 0 radical (unpaired) electrons. The van der Waals surface area contributed by atoms with Crippen molar-refractivity contribution in [1.82, 2.24) is 5.32 Å². The van der Waals surface area contributed by atoms with Gasteiger partial charge in [-0.25, -0.2) is 0 Å². The molecule has 0 amide bonds. The van der Waals surface area contributed by atoms with Gasteiger partial charge in [-0.1, -0.05) is 0 Å². The summed E-state index contributed by atoms with van der Waals surface area (Å²) in [6.45, 7) is 0.967. The highest BCUT2D eigenvalue weighted by Gasteiger charge is 2.23. The van der Waals surface area contributed by atoms with E-state index in [9.17, 15) is 0 Å². The van der Waals surface area contributed by atoms with Gasteiger partial charge in [-0.2, -0.15) is 5.26 Å². The summed E-state index contributed by atoms with van der Waals surface area (Å²) in [5.41, 5.74) is 0. The van der Waals surface area contributed by atoms with E-state index < -0.39 is 0 Å². The van der Waals surface area contributed by atoms with Crippen molar-refractivity contribution < 1.29 is 4.74 Å². The average Bonchev–Trinajstić information content (AvgIpc) is 2.60. The van der Waals surface area contributed by atoms with Gasteiger partial charge in [0.25, 0.3) is 0 Å². The van der Waals surface area contributed by atoms with Gasteiger partial charge in [-0.15, -0.1) is 0 Å². The molecule has 1 aliphatic rings. The van der Waals surface area contributed by atoms with Gasteiger partial charge in [0.05, 0.1) is 12.2 Å². The van der Waals surface area contributed by atoms with Gasteiger partial charge in [0.1, 0.15) is 0 Å². The number of nitriles is 1. The number of hydrogen-bond acceptors (Lipinski definition) is 3. The SMILES string of the molecule is COC1CCC(NCCCC#N)C1. The van der Waals surface area contributed by atoms with Crippen molar-refractivity contribution in [2.75, 3.05) is 13.7 Å². The minimum Gasteiger partial charge on any atom is -0.381 e. The van der Waals surface area contributed by atoms with Crippen molar-refractivity contribution in [1.29, 1.82) is 5.26 Å². The van der Waals surface area contributed by atoms with Gasteiger partial charge in [-0.05, 0) is 32.2 Å². The molecule has 1 saturated carbocycles. The molecule has 0 saturated heterocycles. The van der Waals surface area contributed by atoms with Crippen LogP contribution in [-0.4, -0.2) is 25.8 Å². The Balaban J connectivity index is 2.01. The number of nitrogens with one attached hydrogen (secondary N) is 1. The molecule has 74 valence electrons. The maximum absolute atomic E-state index is 8.34. The normalized spacial score (nSPS) is 27.4. The minimum absolute atomic E-state index is 0.452. The summed E-state index contributed by atoms with van der Waals surface area (Å²) in [6.07, 6.45) is 5.59. The lowest BCUT2D eigenvalue weighted by atomic mass is 10.2. The van der Waals surface area contributed by atoms with Crippen LogP contribution in [0.25, 0.3) is 0 Å². The summed E-state index contributed by atoms with van der Waals surface area (Å²) in [5, 5.41) is 11.8. The molecule has 1 N–H and O–H groups in total. The second-order valence-corrected chi connectivity index (χ2v) is 3.58. The van der Waals surface area contributed by atoms with Crippen molar-refractivity contribution in [3.05, 3.63) is 0 Å². The molecular formula is C10H18N2O. The van der Waals surface area contributed by atoms with Crippen LogP contribution in [0.15, 0.2) is 0 Å². The molecule has 0 aliphatic heterocycles. The summed E-state index contributed by atoms with van der Waals surface area (Å²) < 4.78 is 5.28. The van der Waals surface area contributed by atoms with E-state index in [0.717, 1.165) is 19.4 Å². The molecule has 1 rings (SSSR count). The third-order valence-electron chi connectivity index (χ3n) is 2.62. The molecule has 1 fully saturated rings. The van der Waals surface area contributed by atoms with Crippen molar-refractivity contribution in [2.45, 2.75) is 44.2 Å². The Morgan fingerprint density at radius 2 is 2.38 bits per heavy atom. The fourth-order valence-electron chi connectivity index (χ4n) is 1.81. The number of unbranched alkanes of at least 4 members (excludes halogenated alkanes) is 1. The molecule has 1 aliphatic carbocycles. The Morgan fingerprint density at radius 3 is 3.00 bits per heavy atom. The molecule has 3 nitrogen and oxygen atoms in total. The van der Waals surface area contributed by atoms with Crippen molar-refractivity contribution in [3.63, 3.8) is 0 Å². The number of hydrogen-bond donors (Lipinski definition) is 1. The van der Waals surface area contributed by atoms with Crippen LogP contribution in [0.4, 0.5) is 0 Å². The molecule has 0 bridgehead atoms. The van der Waals surface area contributed by atoms with Crippen LogP contribution in [0.1, 0.15) is 32.1 Å². The van der Waals surface area contributed by atoms with Crippen LogP contribution in [0, 0.1) is 11.3 Å². The second kappa shape index (κ2) is 5.95. The third kappa shape index (κ3) is 3.75. The molecular weight excluding hydrogens is 164 g/mol. The Labute approximate surface area is 80.1 Å². The quantitative estimate of drug-likeness (QED) is 0.654. The summed E-state index contributed by atoms with van der Waals surface area (Å²) in [5.74, 6) is 0. The van der Waals surface area contributed by atoms with Crippen LogP contribution >= 0.6 is 0 Å². The largest absolute Gasteiger partial charge is 0.381 e. The molecule has 0 aromatic heterocycles. The van der Waals surface area contributed by atoms with E-state index in [-0.39, 0.29) is 0 Å². The molecule has 0 heterocycles. The van der Waals surface area contributed by atoms with Crippen LogP contribution < -0.4 is 5.32 Å². The molecule has 13 heavy (non-hydrogen) atoms. The van der Waals surface area contributed by atoms with Gasteiger partial charge in [0, 0.05) is 19.6 Å². The first-order valence-corrected chi connectivity index (χ1v) is 5.00. The smallest absolute Gasteiger partial charge is 0.0622 e. The van der Waals surface area contributed by atoms with Crippen LogP contribution in [0.2, 0.25) is 0 Å². The Kier molecular flexibility index (Phi) is 4.81. The zero-order valence-electron chi connectivity index (χ0n) is 8.25. The predicted octanol–water partition coefficient (Wildman–Crippen LogP) is 1.45. The molecule has 2 atom stereocenters. The predicted molar refractivity (Wildman–Crippen MR) is 51.3 cm³/mol. The van der Waals surface area contributed by atoms with E-state index in [4.69, 9.17) is 10.00 Å². The summed E-state index contributed by atoms with van der Waals surface area (Å²) in [6, 6.07) is 2.76. The van der Waals surface area contributed by atoms with Crippen LogP contribution in [0.3, 0.4) is 0 Å². The molecule has 0 spiro atoms. The number of ether oxygens (including phenoxy) is 1. The van der Waals surface area contributed by atoms with Gasteiger partial charge in [0.15, 0.2) is 0 Å². The van der Waals surface area contributed by atoms with E-state index >= 15 is 0 Å². The highest BCUT2D eigenvalue weighted by Crippen LogP contribution is 2.21. The highest BCUT2D eigenvalue weighted by molar-refractivity contribution is 4.81. The monoisotopic (exact) mass is 182 g/mol. The van der Waals surface area contributed by atoms with E-state index in [2.05, 4.69) is 11.4 Å². The van der Waals surface area contributed by atoms with Gasteiger partial charge >= 0.3 is 0 Å². The van der Waals surface area contributed by atoms with Crippen molar-refractivity contribution >= 4 is 0 Å². The maximum Gasteiger partial charge on any atom is 0.0622 e. The minimum atomic E-state index is 0.452. The van der Waals surface area contributed by atoms with Gasteiger partial charge in [0.2, 0.25) is 0 Å². The Morgan fingerprint density at radius 1 is 1.54 bits per heavy atom. The number of rotatable bonds is 5. The summed E-state index contributed by atoms with van der Waals surface area (Å²) in [7, 11) is 1.78. The van der Waals surface area contributed by atoms with Gasteiger partial charge in [-0.3, -0.25) is 0 Å². The first kappa shape index (κ1) is 10.5. The first-order valence-electron chi connectivity index (χ1n) is 5.00. The highest BCUT2D eigenvalue weighted by atomic mass is 16.5. The van der Waals surface area contributed by atoms with E-state index in [0.29, 0.717) is 18.6 Å². The Bertz CT molecular complexity index is 176. The fourth-order valence-corrected chi connectivity index (χ4v) is 1.81. The molecule has 3 heteroatoms. The van der Waals surface area contributed by atoms with Crippen LogP contribution in [0.5, 0.6) is 0 Å². The van der Waals surface area contributed by atoms with Crippen molar-refractivity contribution in [3.8, 4) is 6.07 Å². The lowest BCUT2D eigenvalue weighted by Crippen LogP contribution is -2.28. The fraction of sp³-hybridized carbons (Fsp3) is 0.900. The topological polar surface area (TPSA) is 45.0 Å². The number of methoxy groups -OCH3 is 1. The van der Waals surface area contributed by atoms with Gasteiger partial charge < -0.3 is 10.1 Å². The lowest BCUT2D eigenvalue weighted by Gasteiger charge is -2.11. The summed E-state index contributed by atoms with van der Waals surface area (Å²) >= 11 is 0. The van der Waals surface area contributed by atoms with E-state index in [1.165, 1.54) is 12.8 Å². The molecule has 0 aromatic carbocycles. The van der Waals surface area contributed by atoms with Crippen molar-refractivity contribution in [2.24, 2.45) is 0 Å². The van der Waals surface area contributed by atoms with E-state index in [1.54, 1.807) is 7.11 Å². The maximum atomic E-state index is 8.34. The number of nitrogens with zero attached hydrogens (tertiary/aromatic N) is 1. The zero-order chi connectivity index (χ0) is 9.52. The lowest BCUT2D eigenvalue weighted by molar-refractivity contribution is 0.107. The van der Waals surface area contributed by atoms with E-state index in [1.807, 2.05) is 0 Å². The Hall–Kier alpha value is -0.590. The average molecular weight is 182 g/mol. The second-order valence-electron chi connectivity index (χ2n) is 3.58. The third-order valence-corrected chi connectivity index (χ3v) is 2.62. The van der Waals surface area contributed by atoms with Crippen LogP contribution in [-0.2, 0) is 4.74 Å². The first-order chi connectivity index (χ1) is 6.36. The standard InChI is InChI=1S/C10H18N2O/c1-13-10-5-4-9(8-10)12-7-3-2-6-11/h9-10,12H,2-5,7-8H2,1H3. The molecule has 2 unspecified atom stereocenters. The molecule has 0 aromatic rings. The summed E-state index contributed by atoms with van der Waals surface area (Å²) in [4.78, 5) is 0.